The van der Waals surface area contributed by atoms with Crippen LogP contribution in [0.1, 0.15) is 16.2 Å². The molecule has 0 radical (unpaired) electrons. The number of nitrogens with zero attached hydrogens (tertiary/aromatic N) is 2. The van der Waals surface area contributed by atoms with Crippen molar-refractivity contribution in [2.75, 3.05) is 6.61 Å². The predicted octanol–water partition coefficient (Wildman–Crippen LogP) is 5.32. The zero-order chi connectivity index (χ0) is 19.6. The second-order valence-electron chi connectivity index (χ2n) is 5.32. The summed E-state index contributed by atoms with van der Waals surface area (Å²) in [6.07, 6.45) is -4.72. The number of hydrogen-bond donors (Lipinski definition) is 0. The summed E-state index contributed by atoms with van der Waals surface area (Å²) in [5, 5.41) is 4.02. The van der Waals surface area contributed by atoms with Crippen LogP contribution in [0.2, 0.25) is 10.0 Å². The molecule has 10 heteroatoms. The van der Waals surface area contributed by atoms with E-state index >= 15 is 0 Å². The summed E-state index contributed by atoms with van der Waals surface area (Å²) < 4.78 is 47.0. The summed E-state index contributed by atoms with van der Waals surface area (Å²) in [6.45, 7) is -0.267. The van der Waals surface area contributed by atoms with Crippen LogP contribution in [0.15, 0.2) is 47.0 Å². The first kappa shape index (κ1) is 19.2. The summed E-state index contributed by atoms with van der Waals surface area (Å²) in [4.78, 5) is 15.5. The maximum absolute atomic E-state index is 12.5. The van der Waals surface area contributed by atoms with Crippen molar-refractivity contribution in [1.82, 2.24) is 10.1 Å². The predicted molar refractivity (Wildman–Crippen MR) is 91.0 cm³/mol. The van der Waals surface area contributed by atoms with E-state index in [1.165, 1.54) is 42.5 Å². The highest BCUT2D eigenvalue weighted by Crippen LogP contribution is 2.29. The minimum atomic E-state index is -4.72. The third-order valence-corrected chi connectivity index (χ3v) is 3.78. The molecule has 0 spiro atoms. The quantitative estimate of drug-likeness (QED) is 0.526. The Morgan fingerprint density at radius 2 is 1.70 bits per heavy atom. The monoisotopic (exact) mass is 416 g/mol. The van der Waals surface area contributed by atoms with Gasteiger partial charge in [-0.25, -0.2) is 0 Å². The molecule has 0 aliphatic carbocycles. The minimum absolute atomic E-state index is 0.230. The van der Waals surface area contributed by atoms with Crippen LogP contribution in [-0.2, 0) is 6.18 Å². The van der Waals surface area contributed by atoms with Crippen molar-refractivity contribution in [2.45, 2.75) is 6.18 Å². The molecule has 27 heavy (non-hydrogen) atoms. The number of carbonyl (C=O) groups excluding carboxylic acids is 1. The fraction of sp³-hybridized carbons (Fsp3) is 0.118. The molecule has 3 aromatic rings. The number of benzene rings is 2. The number of Topliss-reactive ketones (excluding diaryl/α,β-unsaturated/α-hetero) is 1. The molecule has 0 N–H and O–H groups in total. The molecule has 1 aromatic heterocycles. The van der Waals surface area contributed by atoms with E-state index in [1.54, 1.807) is 0 Å². The zero-order valence-electron chi connectivity index (χ0n) is 13.3. The lowest BCUT2D eigenvalue weighted by Crippen LogP contribution is -2.11. The standard InChI is InChI=1S/C17H9Cl2F3N2O3/c18-11-5-12(19)7-13(6-11)26-8-14(25)9-1-3-10(4-2-9)15-23-16(27-24-15)17(20,21)22/h1-7H,8H2. The normalized spacial score (nSPS) is 11.4. The van der Waals surface area contributed by atoms with Crippen LogP contribution in [0.4, 0.5) is 13.2 Å². The molecule has 0 amide bonds. The first-order valence-corrected chi connectivity index (χ1v) is 8.11. The molecule has 0 saturated carbocycles. The van der Waals surface area contributed by atoms with Crippen molar-refractivity contribution in [3.8, 4) is 17.1 Å². The van der Waals surface area contributed by atoms with Crippen LogP contribution in [0.3, 0.4) is 0 Å². The second-order valence-corrected chi connectivity index (χ2v) is 6.19. The lowest BCUT2D eigenvalue weighted by Gasteiger charge is -2.07. The van der Waals surface area contributed by atoms with Crippen LogP contribution < -0.4 is 4.74 Å². The van der Waals surface area contributed by atoms with E-state index in [0.717, 1.165) is 0 Å². The van der Waals surface area contributed by atoms with Gasteiger partial charge >= 0.3 is 12.1 Å². The molecule has 0 aliphatic heterocycles. The average molecular weight is 417 g/mol. The van der Waals surface area contributed by atoms with Gasteiger partial charge in [0.25, 0.3) is 0 Å². The molecule has 2 aromatic carbocycles. The lowest BCUT2D eigenvalue weighted by atomic mass is 10.1. The Morgan fingerprint density at radius 3 is 2.26 bits per heavy atom. The third-order valence-electron chi connectivity index (χ3n) is 3.34. The van der Waals surface area contributed by atoms with Crippen molar-refractivity contribution >= 4 is 29.0 Å². The fourth-order valence-corrected chi connectivity index (χ4v) is 2.61. The number of carbonyl (C=O) groups is 1. The Kier molecular flexibility index (Phi) is 5.38. The number of ether oxygens (including phenoxy) is 1. The first-order chi connectivity index (χ1) is 12.7. The Morgan fingerprint density at radius 1 is 1.07 bits per heavy atom. The topological polar surface area (TPSA) is 65.2 Å². The van der Waals surface area contributed by atoms with Crippen LogP contribution in [0.5, 0.6) is 5.75 Å². The zero-order valence-corrected chi connectivity index (χ0v) is 14.8. The smallest absolute Gasteiger partial charge is 0.471 e. The molecular formula is C17H9Cl2F3N2O3. The van der Waals surface area contributed by atoms with E-state index in [0.29, 0.717) is 21.4 Å². The fourth-order valence-electron chi connectivity index (χ4n) is 2.11. The SMILES string of the molecule is O=C(COc1cc(Cl)cc(Cl)c1)c1ccc(-c2noc(C(F)(F)F)n2)cc1. The number of halogens is 5. The maximum atomic E-state index is 12.5. The van der Waals surface area contributed by atoms with Crippen LogP contribution in [0.25, 0.3) is 11.4 Å². The van der Waals surface area contributed by atoms with Gasteiger partial charge in [-0.3, -0.25) is 4.79 Å². The van der Waals surface area contributed by atoms with E-state index in [9.17, 15) is 18.0 Å². The van der Waals surface area contributed by atoms with Crippen molar-refractivity contribution in [3.05, 3.63) is 64.0 Å². The highest BCUT2D eigenvalue weighted by Gasteiger charge is 2.38. The Hall–Kier alpha value is -2.58. The molecule has 140 valence electrons. The van der Waals surface area contributed by atoms with E-state index in [2.05, 4.69) is 14.7 Å². The van der Waals surface area contributed by atoms with E-state index in [4.69, 9.17) is 27.9 Å². The highest BCUT2D eigenvalue weighted by molar-refractivity contribution is 6.34. The lowest BCUT2D eigenvalue weighted by molar-refractivity contribution is -0.159. The highest BCUT2D eigenvalue weighted by atomic mass is 35.5. The Balaban J connectivity index is 1.67. The number of rotatable bonds is 5. The van der Waals surface area contributed by atoms with E-state index < -0.39 is 12.1 Å². The minimum Gasteiger partial charge on any atom is -0.485 e. The van der Waals surface area contributed by atoms with Crippen molar-refractivity contribution < 1.29 is 27.2 Å². The summed E-state index contributed by atoms with van der Waals surface area (Å²) >= 11 is 11.7. The third kappa shape index (κ3) is 4.78. The largest absolute Gasteiger partial charge is 0.485 e. The molecule has 0 unspecified atom stereocenters. The molecule has 1 heterocycles. The van der Waals surface area contributed by atoms with Gasteiger partial charge in [0.2, 0.25) is 5.82 Å². The van der Waals surface area contributed by atoms with Gasteiger partial charge < -0.3 is 9.26 Å². The maximum Gasteiger partial charge on any atom is 0.471 e. The van der Waals surface area contributed by atoms with Gasteiger partial charge in [0, 0.05) is 21.2 Å². The van der Waals surface area contributed by atoms with Crippen molar-refractivity contribution in [2.24, 2.45) is 0 Å². The second kappa shape index (κ2) is 7.58. The number of aromatic nitrogens is 2. The molecule has 5 nitrogen and oxygen atoms in total. The Labute approximate surface area is 160 Å². The van der Waals surface area contributed by atoms with Gasteiger partial charge in [0.05, 0.1) is 0 Å². The average Bonchev–Trinajstić information content (AvgIpc) is 3.09. The van der Waals surface area contributed by atoms with Gasteiger partial charge in [-0.1, -0.05) is 52.6 Å². The Bertz CT molecular complexity index is 952. The molecule has 0 fully saturated rings. The van der Waals surface area contributed by atoms with Gasteiger partial charge in [-0.2, -0.15) is 18.2 Å². The molecule has 0 aliphatic rings. The molecule has 0 saturated heterocycles. The first-order valence-electron chi connectivity index (χ1n) is 7.36. The van der Waals surface area contributed by atoms with Gasteiger partial charge in [-0.15, -0.1) is 0 Å². The summed E-state index contributed by atoms with van der Waals surface area (Å²) in [5.74, 6) is -1.68. The van der Waals surface area contributed by atoms with Gasteiger partial charge in [0.1, 0.15) is 5.75 Å². The van der Waals surface area contributed by atoms with Crippen LogP contribution in [0, 0.1) is 0 Å². The summed E-state index contributed by atoms with van der Waals surface area (Å²) in [7, 11) is 0. The van der Waals surface area contributed by atoms with Gasteiger partial charge in [-0.05, 0) is 18.2 Å². The number of hydrogen-bond acceptors (Lipinski definition) is 5. The van der Waals surface area contributed by atoms with E-state index in [-0.39, 0.29) is 23.8 Å². The molecule has 0 atom stereocenters. The molecule has 3 rings (SSSR count). The summed E-state index contributed by atoms with van der Waals surface area (Å²) in [6, 6.07) is 10.2. The number of alkyl halides is 3. The van der Waals surface area contributed by atoms with Crippen LogP contribution >= 0.6 is 23.2 Å². The van der Waals surface area contributed by atoms with Crippen molar-refractivity contribution in [1.29, 1.82) is 0 Å². The van der Waals surface area contributed by atoms with Gasteiger partial charge in [0.15, 0.2) is 12.4 Å². The molecule has 0 bridgehead atoms. The number of ketones is 1. The van der Waals surface area contributed by atoms with Crippen molar-refractivity contribution in [3.63, 3.8) is 0 Å². The molecular weight excluding hydrogens is 408 g/mol. The van der Waals surface area contributed by atoms with E-state index in [1.807, 2.05) is 0 Å². The summed E-state index contributed by atoms with van der Waals surface area (Å²) in [5.41, 5.74) is 0.569. The van der Waals surface area contributed by atoms with Crippen LogP contribution in [-0.4, -0.2) is 22.5 Å².